The van der Waals surface area contributed by atoms with Gasteiger partial charge in [0.25, 0.3) is 0 Å². The number of rotatable bonds is 3. The van der Waals surface area contributed by atoms with Crippen molar-refractivity contribution in [1.82, 2.24) is 8.97 Å². The van der Waals surface area contributed by atoms with Gasteiger partial charge < -0.3 is 8.97 Å². The summed E-state index contributed by atoms with van der Waals surface area (Å²) in [6.45, 7) is 2.36. The van der Waals surface area contributed by atoms with Crippen LogP contribution in [0.3, 0.4) is 0 Å². The average Bonchev–Trinajstić information content (AvgIpc) is 3.85. The predicted octanol–water partition coefficient (Wildman–Crippen LogP) is 14.0. The summed E-state index contributed by atoms with van der Waals surface area (Å²) in [6.07, 6.45) is 11.3. The Kier molecular flexibility index (Phi) is 6.44. The number of aliphatic imine (C=N–C) groups is 1. The van der Waals surface area contributed by atoms with E-state index in [1.54, 1.807) is 0 Å². The molecule has 2 aliphatic rings. The maximum Gasteiger partial charge on any atom is 0.0769 e. The van der Waals surface area contributed by atoms with Gasteiger partial charge in [-0.1, -0.05) is 140 Å². The topological polar surface area (TPSA) is 21.7 Å². The Labute approximate surface area is 329 Å². The number of hydrogen-bond acceptors (Lipinski definition) is 1. The maximum absolute atomic E-state index is 5.75. The second kappa shape index (κ2) is 11.7. The average molecular weight is 730 g/mol. The van der Waals surface area contributed by atoms with Crippen LogP contribution in [0.1, 0.15) is 31.4 Å². The van der Waals surface area contributed by atoms with Crippen molar-refractivity contribution >= 4 is 97.9 Å². The zero-order chi connectivity index (χ0) is 37.4. The number of allylic oxidation sites excluding steroid dienone is 2. The molecule has 4 heterocycles. The van der Waals surface area contributed by atoms with Crippen molar-refractivity contribution in [2.24, 2.45) is 16.8 Å². The molecule has 1 aliphatic heterocycles. The highest BCUT2D eigenvalue weighted by molar-refractivity contribution is 6.36. The molecule has 0 saturated carbocycles. The number of aromatic nitrogens is 2. The summed E-state index contributed by atoms with van der Waals surface area (Å²) in [5, 5.41) is 15.7. The molecule has 270 valence electrons. The Bertz CT molecular complexity index is 3570. The third-order valence-corrected chi connectivity index (χ3v) is 13.7. The fraction of sp³-hybridized carbons (Fsp3) is 0.130. The van der Waals surface area contributed by atoms with E-state index in [4.69, 9.17) is 4.99 Å². The third-order valence-electron chi connectivity index (χ3n) is 13.7. The Balaban J connectivity index is 1.08. The quantitative estimate of drug-likeness (QED) is 0.162. The van der Waals surface area contributed by atoms with Crippen molar-refractivity contribution in [2.75, 3.05) is 0 Å². The van der Waals surface area contributed by atoms with Crippen LogP contribution in [0.5, 0.6) is 0 Å². The predicted molar refractivity (Wildman–Crippen MR) is 243 cm³/mol. The fourth-order valence-corrected chi connectivity index (χ4v) is 11.1. The first-order chi connectivity index (χ1) is 28.2. The first-order valence-electron chi connectivity index (χ1n) is 20.6. The highest BCUT2D eigenvalue weighted by Gasteiger charge is 2.38. The summed E-state index contributed by atoms with van der Waals surface area (Å²) in [5.74, 6) is 0.510. The summed E-state index contributed by atoms with van der Waals surface area (Å²) in [6, 6.07) is 55.0. The fourth-order valence-electron chi connectivity index (χ4n) is 11.1. The van der Waals surface area contributed by atoms with Gasteiger partial charge in [-0.2, -0.15) is 0 Å². The molecule has 0 spiro atoms. The zero-order valence-corrected chi connectivity index (χ0v) is 31.7. The van der Waals surface area contributed by atoms with Gasteiger partial charge in [0.15, 0.2) is 0 Å². The van der Waals surface area contributed by atoms with Crippen molar-refractivity contribution in [1.29, 1.82) is 0 Å². The molecule has 0 amide bonds. The third kappa shape index (κ3) is 4.29. The summed E-state index contributed by atoms with van der Waals surface area (Å²) in [7, 11) is 0. The highest BCUT2D eigenvalue weighted by atomic mass is 15.0. The molecule has 4 unspecified atom stereocenters. The molecule has 0 radical (unpaired) electrons. The van der Waals surface area contributed by atoms with Gasteiger partial charge in [-0.25, -0.2) is 0 Å². The van der Waals surface area contributed by atoms with Crippen LogP contribution >= 0.6 is 0 Å². The van der Waals surface area contributed by atoms with Crippen molar-refractivity contribution in [3.05, 3.63) is 175 Å². The van der Waals surface area contributed by atoms with Gasteiger partial charge in [0, 0.05) is 61.4 Å². The molecule has 8 aromatic carbocycles. The van der Waals surface area contributed by atoms with Gasteiger partial charge in [0.1, 0.15) is 0 Å². The van der Waals surface area contributed by atoms with Gasteiger partial charge >= 0.3 is 0 Å². The molecule has 11 aromatic rings. The smallest absolute Gasteiger partial charge is 0.0769 e. The summed E-state index contributed by atoms with van der Waals surface area (Å²) < 4.78 is 5.30. The normalized spacial score (nSPS) is 20.0. The van der Waals surface area contributed by atoms with Gasteiger partial charge in [-0.3, -0.25) is 4.99 Å². The molecular weight excluding hydrogens is 691 g/mol. The summed E-state index contributed by atoms with van der Waals surface area (Å²) in [4.78, 5) is 5.75. The minimum Gasteiger partial charge on any atom is -0.337 e. The lowest BCUT2D eigenvalue weighted by atomic mass is 9.82. The molecule has 0 fully saturated rings. The maximum atomic E-state index is 5.75. The lowest BCUT2D eigenvalue weighted by Crippen LogP contribution is -2.27. The van der Waals surface area contributed by atoms with E-state index in [9.17, 15) is 0 Å². The number of fused-ring (bicyclic) bond motifs is 15. The van der Waals surface area contributed by atoms with Gasteiger partial charge in [0.05, 0.1) is 28.1 Å². The van der Waals surface area contributed by atoms with Gasteiger partial charge in [0.2, 0.25) is 0 Å². The number of benzene rings is 8. The second-order valence-corrected chi connectivity index (χ2v) is 16.5. The van der Waals surface area contributed by atoms with Crippen LogP contribution in [0.4, 0.5) is 0 Å². The molecule has 57 heavy (non-hydrogen) atoms. The molecule has 3 heteroatoms. The Morgan fingerprint density at radius 2 is 1.23 bits per heavy atom. The first-order valence-corrected chi connectivity index (χ1v) is 20.6. The first kappa shape index (κ1) is 31.5. The Morgan fingerprint density at radius 3 is 2.09 bits per heavy atom. The van der Waals surface area contributed by atoms with Crippen molar-refractivity contribution < 1.29 is 0 Å². The van der Waals surface area contributed by atoms with E-state index in [-0.39, 0.29) is 18.0 Å². The molecule has 13 rings (SSSR count). The van der Waals surface area contributed by atoms with Crippen molar-refractivity contribution in [3.63, 3.8) is 0 Å². The molecule has 0 N–H and O–H groups in total. The molecule has 1 aliphatic carbocycles. The van der Waals surface area contributed by atoms with Gasteiger partial charge in [-0.05, 0) is 87.1 Å². The molecule has 4 atom stereocenters. The van der Waals surface area contributed by atoms with Crippen LogP contribution < -0.4 is 0 Å². The zero-order valence-electron chi connectivity index (χ0n) is 31.7. The Hall–Kier alpha value is -6.71. The minimum absolute atomic E-state index is 0.0444. The van der Waals surface area contributed by atoms with Crippen LogP contribution in [0.2, 0.25) is 0 Å². The van der Waals surface area contributed by atoms with Crippen molar-refractivity contribution in [3.8, 4) is 0 Å². The number of para-hydroxylation sites is 2. The van der Waals surface area contributed by atoms with E-state index in [2.05, 4.69) is 186 Å². The van der Waals surface area contributed by atoms with E-state index in [1.165, 1.54) is 103 Å². The van der Waals surface area contributed by atoms with E-state index in [0.717, 1.165) is 12.8 Å². The minimum atomic E-state index is 0.0444. The van der Waals surface area contributed by atoms with Crippen LogP contribution in [0.25, 0.3) is 92.2 Å². The van der Waals surface area contributed by atoms with Crippen LogP contribution in [0.15, 0.2) is 175 Å². The molecule has 3 nitrogen and oxygen atoms in total. The van der Waals surface area contributed by atoms with E-state index >= 15 is 0 Å². The van der Waals surface area contributed by atoms with Crippen LogP contribution in [-0.2, 0) is 0 Å². The molecular formula is C54H39N3. The van der Waals surface area contributed by atoms with Crippen molar-refractivity contribution in [2.45, 2.75) is 31.8 Å². The van der Waals surface area contributed by atoms with E-state index < -0.39 is 0 Å². The lowest BCUT2D eigenvalue weighted by molar-refractivity contribution is 0.338. The SMILES string of the molecule is CCC1CC(n2c3ccccc3c3c4c5cc6ccccc6cc5n5c6ccccc6c(cc32)c45)C2C=CC=CC2N=C1c1ccc2c(ccc3ccccc32)c1. The highest BCUT2D eigenvalue weighted by Crippen LogP contribution is 2.50. The van der Waals surface area contributed by atoms with E-state index in [1.807, 2.05) is 0 Å². The second-order valence-electron chi connectivity index (χ2n) is 16.5. The molecule has 3 aromatic heterocycles. The molecule has 0 bridgehead atoms. The van der Waals surface area contributed by atoms with Gasteiger partial charge in [-0.15, -0.1) is 0 Å². The lowest BCUT2D eigenvalue weighted by Gasteiger charge is -2.31. The monoisotopic (exact) mass is 729 g/mol. The number of hydrogen-bond donors (Lipinski definition) is 0. The van der Waals surface area contributed by atoms with Crippen LogP contribution in [-0.4, -0.2) is 20.7 Å². The molecule has 0 saturated heterocycles. The summed E-state index contributed by atoms with van der Waals surface area (Å²) >= 11 is 0. The summed E-state index contributed by atoms with van der Waals surface area (Å²) in [5.41, 5.74) is 9.01. The van der Waals surface area contributed by atoms with E-state index in [0.29, 0.717) is 5.92 Å². The Morgan fingerprint density at radius 1 is 0.526 bits per heavy atom. The largest absolute Gasteiger partial charge is 0.337 e. The van der Waals surface area contributed by atoms with Crippen LogP contribution in [0, 0.1) is 11.8 Å². The number of nitrogens with zero attached hydrogens (tertiary/aromatic N) is 3. The standard InChI is InChI=1S/C54H39N3/c1-2-32-29-48(41-18-7-10-20-45(41)55-53(32)37-25-26-39-36(27-37)24-23-33-13-5-6-16-38(33)39)56-47-22-12-9-19-42(47)51-50(56)31-43-40-17-8-11-21-46(40)57-49-30-35-15-4-3-14-34(35)28-44(49)52(51)54(43)57/h3-28,30-32,41,45,48H,2,29H2,1H3.